The van der Waals surface area contributed by atoms with E-state index in [2.05, 4.69) is 14.9 Å². The molecule has 1 aromatic heterocycles. The molecule has 7 heteroatoms. The smallest absolute Gasteiger partial charge is 0.264 e. The Bertz CT molecular complexity index is 1270. The molecular formula is C26H26FN5O. The minimum atomic E-state index is -0.265. The van der Waals surface area contributed by atoms with Gasteiger partial charge in [-0.15, -0.1) is 0 Å². The standard InChI is InChI=1S/C26H26FN5O/c1-17(2)12-19(15-28)26(33)32-10-8-31(9-11-32)25-22-13-18(3)21(14-24(22)29-16-30-25)20-6-4-5-7-23(20)27/h4-7,12-14,16-17H,8-11H2,1-3H3/b19-12+. The average Bonchev–Trinajstić information content (AvgIpc) is 2.82. The summed E-state index contributed by atoms with van der Waals surface area (Å²) >= 11 is 0. The predicted molar refractivity (Wildman–Crippen MR) is 127 cm³/mol. The van der Waals surface area contributed by atoms with E-state index in [0.717, 1.165) is 27.8 Å². The molecule has 1 amide bonds. The van der Waals surface area contributed by atoms with Gasteiger partial charge in [-0.1, -0.05) is 38.1 Å². The molecule has 0 N–H and O–H groups in total. The second-order valence-electron chi connectivity index (χ2n) is 8.58. The monoisotopic (exact) mass is 443 g/mol. The molecule has 2 heterocycles. The number of piperazine rings is 1. The summed E-state index contributed by atoms with van der Waals surface area (Å²) < 4.78 is 14.4. The normalized spacial score (nSPS) is 14.6. The van der Waals surface area contributed by atoms with Crippen molar-refractivity contribution in [1.82, 2.24) is 14.9 Å². The Morgan fingerprint density at radius 3 is 2.52 bits per heavy atom. The van der Waals surface area contributed by atoms with Crippen molar-refractivity contribution >= 4 is 22.6 Å². The summed E-state index contributed by atoms with van der Waals surface area (Å²) in [5.41, 5.74) is 3.24. The van der Waals surface area contributed by atoms with Gasteiger partial charge in [-0.3, -0.25) is 4.79 Å². The number of benzene rings is 2. The zero-order chi connectivity index (χ0) is 23.5. The number of amides is 1. The Labute approximate surface area is 193 Å². The van der Waals surface area contributed by atoms with Crippen molar-refractivity contribution < 1.29 is 9.18 Å². The van der Waals surface area contributed by atoms with Gasteiger partial charge in [-0.25, -0.2) is 14.4 Å². The number of anilines is 1. The van der Waals surface area contributed by atoms with E-state index < -0.39 is 0 Å². The van der Waals surface area contributed by atoms with Crippen molar-refractivity contribution in [3.05, 3.63) is 65.8 Å². The highest BCUT2D eigenvalue weighted by Gasteiger charge is 2.25. The average molecular weight is 444 g/mol. The zero-order valence-corrected chi connectivity index (χ0v) is 19.0. The van der Waals surface area contributed by atoms with Gasteiger partial charge in [0, 0.05) is 37.1 Å². The molecule has 168 valence electrons. The molecule has 0 aliphatic carbocycles. The quantitative estimate of drug-likeness (QED) is 0.439. The fourth-order valence-electron chi connectivity index (χ4n) is 4.20. The maximum absolute atomic E-state index is 14.4. The topological polar surface area (TPSA) is 73.1 Å². The van der Waals surface area contributed by atoms with Crippen LogP contribution in [0.2, 0.25) is 0 Å². The van der Waals surface area contributed by atoms with E-state index >= 15 is 0 Å². The van der Waals surface area contributed by atoms with Gasteiger partial charge in [-0.2, -0.15) is 5.26 Å². The first-order valence-electron chi connectivity index (χ1n) is 11.1. The van der Waals surface area contributed by atoms with Gasteiger partial charge in [0.2, 0.25) is 0 Å². The molecule has 0 bridgehead atoms. The summed E-state index contributed by atoms with van der Waals surface area (Å²) in [5.74, 6) is 0.449. The van der Waals surface area contributed by atoms with Crippen molar-refractivity contribution in [2.75, 3.05) is 31.1 Å². The molecule has 1 aliphatic rings. The van der Waals surface area contributed by atoms with Gasteiger partial charge in [0.05, 0.1) is 5.52 Å². The SMILES string of the molecule is Cc1cc2c(N3CCN(C(=O)/C(C#N)=C/C(C)C)CC3)ncnc2cc1-c1ccccc1F. The van der Waals surface area contributed by atoms with E-state index in [1.54, 1.807) is 23.1 Å². The highest BCUT2D eigenvalue weighted by molar-refractivity contribution is 5.97. The van der Waals surface area contributed by atoms with Crippen LogP contribution in [0.1, 0.15) is 19.4 Å². The van der Waals surface area contributed by atoms with E-state index in [0.29, 0.717) is 31.7 Å². The number of aromatic nitrogens is 2. The van der Waals surface area contributed by atoms with Crippen LogP contribution >= 0.6 is 0 Å². The predicted octanol–water partition coefficient (Wildman–Crippen LogP) is 4.50. The van der Waals surface area contributed by atoms with E-state index in [4.69, 9.17) is 0 Å². The van der Waals surface area contributed by atoms with Crippen LogP contribution < -0.4 is 4.90 Å². The molecular weight excluding hydrogens is 417 g/mol. The third-order valence-electron chi connectivity index (χ3n) is 5.84. The lowest BCUT2D eigenvalue weighted by atomic mass is 9.98. The molecule has 1 fully saturated rings. The molecule has 0 spiro atoms. The Balaban J connectivity index is 1.59. The minimum absolute atomic E-state index is 0.134. The van der Waals surface area contributed by atoms with Crippen molar-refractivity contribution in [2.45, 2.75) is 20.8 Å². The molecule has 0 unspecified atom stereocenters. The number of carbonyl (C=O) groups is 1. The van der Waals surface area contributed by atoms with E-state index in [-0.39, 0.29) is 23.2 Å². The number of hydrogen-bond donors (Lipinski definition) is 0. The van der Waals surface area contributed by atoms with Gasteiger partial charge in [0.15, 0.2) is 0 Å². The first kappa shape index (κ1) is 22.4. The second-order valence-corrected chi connectivity index (χ2v) is 8.58. The summed E-state index contributed by atoms with van der Waals surface area (Å²) in [5, 5.41) is 10.3. The van der Waals surface area contributed by atoms with E-state index in [1.807, 2.05) is 45.0 Å². The summed E-state index contributed by atoms with van der Waals surface area (Å²) in [7, 11) is 0. The Morgan fingerprint density at radius 1 is 1.12 bits per heavy atom. The summed E-state index contributed by atoms with van der Waals surface area (Å²) in [6, 6.07) is 12.7. The first-order chi connectivity index (χ1) is 15.9. The Hall–Kier alpha value is -3.79. The molecule has 4 rings (SSSR count). The van der Waals surface area contributed by atoms with E-state index in [1.165, 1.54) is 12.4 Å². The van der Waals surface area contributed by atoms with Crippen LogP contribution in [-0.4, -0.2) is 47.0 Å². The summed E-state index contributed by atoms with van der Waals surface area (Å²) in [6.07, 6.45) is 3.23. The van der Waals surface area contributed by atoms with Gasteiger partial charge in [-0.05, 0) is 42.2 Å². The van der Waals surface area contributed by atoms with Crippen molar-refractivity contribution in [2.24, 2.45) is 5.92 Å². The molecule has 0 saturated carbocycles. The number of aryl methyl sites for hydroxylation is 1. The number of allylic oxidation sites excluding steroid dienone is 1. The zero-order valence-electron chi connectivity index (χ0n) is 19.0. The lowest BCUT2D eigenvalue weighted by Gasteiger charge is -2.35. The highest BCUT2D eigenvalue weighted by atomic mass is 19.1. The number of nitrogens with zero attached hydrogens (tertiary/aromatic N) is 5. The molecule has 2 aromatic carbocycles. The minimum Gasteiger partial charge on any atom is -0.352 e. The molecule has 3 aromatic rings. The summed E-state index contributed by atoms with van der Waals surface area (Å²) in [6.45, 7) is 8.07. The maximum atomic E-state index is 14.4. The number of carbonyl (C=O) groups excluding carboxylic acids is 1. The van der Waals surface area contributed by atoms with Crippen LogP contribution in [-0.2, 0) is 4.79 Å². The lowest BCUT2D eigenvalue weighted by molar-refractivity contribution is -0.127. The van der Waals surface area contributed by atoms with Gasteiger partial charge in [0.1, 0.15) is 29.6 Å². The fraction of sp³-hybridized carbons (Fsp3) is 0.308. The van der Waals surface area contributed by atoms with Crippen LogP contribution in [0.25, 0.3) is 22.0 Å². The molecule has 0 radical (unpaired) electrons. The molecule has 1 aliphatic heterocycles. The van der Waals surface area contributed by atoms with Crippen LogP contribution in [0.5, 0.6) is 0 Å². The second kappa shape index (κ2) is 9.37. The number of rotatable bonds is 4. The molecule has 0 atom stereocenters. The van der Waals surface area contributed by atoms with Crippen molar-refractivity contribution in [1.29, 1.82) is 5.26 Å². The highest BCUT2D eigenvalue weighted by Crippen LogP contribution is 2.32. The Kier molecular flexibility index (Phi) is 6.36. The van der Waals surface area contributed by atoms with Crippen molar-refractivity contribution in [3.63, 3.8) is 0 Å². The summed E-state index contributed by atoms with van der Waals surface area (Å²) in [4.78, 5) is 25.5. The maximum Gasteiger partial charge on any atom is 0.264 e. The van der Waals surface area contributed by atoms with Crippen LogP contribution in [0.15, 0.2) is 54.4 Å². The number of fused-ring (bicyclic) bond motifs is 1. The van der Waals surface area contributed by atoms with Crippen LogP contribution in [0, 0.1) is 30.0 Å². The Morgan fingerprint density at radius 2 is 1.85 bits per heavy atom. The van der Waals surface area contributed by atoms with E-state index in [9.17, 15) is 14.4 Å². The number of nitriles is 1. The van der Waals surface area contributed by atoms with Gasteiger partial charge >= 0.3 is 0 Å². The first-order valence-corrected chi connectivity index (χ1v) is 11.1. The number of hydrogen-bond acceptors (Lipinski definition) is 5. The van der Waals surface area contributed by atoms with Gasteiger partial charge in [0.25, 0.3) is 5.91 Å². The fourth-order valence-corrected chi connectivity index (χ4v) is 4.20. The third kappa shape index (κ3) is 4.56. The van der Waals surface area contributed by atoms with Gasteiger partial charge < -0.3 is 9.80 Å². The van der Waals surface area contributed by atoms with Crippen LogP contribution in [0.3, 0.4) is 0 Å². The lowest BCUT2D eigenvalue weighted by Crippen LogP contribution is -2.49. The molecule has 33 heavy (non-hydrogen) atoms. The van der Waals surface area contributed by atoms with Crippen LogP contribution in [0.4, 0.5) is 10.2 Å². The largest absolute Gasteiger partial charge is 0.352 e. The third-order valence-corrected chi connectivity index (χ3v) is 5.84. The molecule has 6 nitrogen and oxygen atoms in total. The molecule has 1 saturated heterocycles. The van der Waals surface area contributed by atoms with Crippen molar-refractivity contribution in [3.8, 4) is 17.2 Å². The number of halogens is 1.